The van der Waals surface area contributed by atoms with Gasteiger partial charge in [-0.15, -0.1) is 40.1 Å². The van der Waals surface area contributed by atoms with Gasteiger partial charge in [0.1, 0.15) is 17.0 Å². The lowest BCUT2D eigenvalue weighted by atomic mass is 9.80. The normalized spacial score (nSPS) is 17.2. The molecule has 182 valence electrons. The third kappa shape index (κ3) is 4.66. The molecule has 0 radical (unpaired) electrons. The number of aromatic amines is 1. The van der Waals surface area contributed by atoms with Crippen molar-refractivity contribution in [2.75, 3.05) is 0 Å². The number of piperidine rings is 1. The molecule has 5 rings (SSSR count). The summed E-state index contributed by atoms with van der Waals surface area (Å²) >= 11 is 0. The van der Waals surface area contributed by atoms with Crippen LogP contribution >= 0.6 is 24.8 Å². The highest BCUT2D eigenvalue weighted by Gasteiger charge is 2.39. The molecule has 1 aromatic carbocycles. The van der Waals surface area contributed by atoms with E-state index in [1.54, 1.807) is 18.5 Å². The van der Waals surface area contributed by atoms with Crippen molar-refractivity contribution >= 4 is 36.0 Å². The first kappa shape index (κ1) is 25.7. The molecule has 0 atom stereocenters. The van der Waals surface area contributed by atoms with E-state index >= 15 is 0 Å². The van der Waals surface area contributed by atoms with Gasteiger partial charge in [-0.2, -0.15) is 5.10 Å². The van der Waals surface area contributed by atoms with Crippen LogP contribution in [0.1, 0.15) is 46.6 Å². The van der Waals surface area contributed by atoms with Crippen LogP contribution in [0.15, 0.2) is 30.6 Å². The summed E-state index contributed by atoms with van der Waals surface area (Å²) in [6.07, 6.45) is 4.99. The second-order valence-electron chi connectivity index (χ2n) is 9.80. The molecule has 0 bridgehead atoms. The summed E-state index contributed by atoms with van der Waals surface area (Å²) in [6.45, 7) is 8.75. The Bertz CT molecular complexity index is 1290. The molecule has 1 aliphatic heterocycles. The fourth-order valence-electron chi connectivity index (χ4n) is 4.98. The molecule has 34 heavy (non-hydrogen) atoms. The second-order valence-corrected chi connectivity index (χ2v) is 9.80. The van der Waals surface area contributed by atoms with Gasteiger partial charge in [0.05, 0.1) is 17.9 Å². The minimum absolute atomic E-state index is 0. The predicted molar refractivity (Wildman–Crippen MR) is 134 cm³/mol. The van der Waals surface area contributed by atoms with Gasteiger partial charge in [0.25, 0.3) is 0 Å². The molecule has 1 saturated heterocycles. The maximum absolute atomic E-state index is 10.6. The summed E-state index contributed by atoms with van der Waals surface area (Å²) in [4.78, 5) is 0. The molecule has 12 heteroatoms. The van der Waals surface area contributed by atoms with E-state index in [0.717, 1.165) is 12.8 Å². The van der Waals surface area contributed by atoms with E-state index in [4.69, 9.17) is 0 Å². The summed E-state index contributed by atoms with van der Waals surface area (Å²) in [6, 6.07) is 4.82. The average molecular weight is 507 g/mol. The number of nitrogens with zero attached hydrogens (tertiary/aromatic N) is 6. The van der Waals surface area contributed by atoms with Crippen molar-refractivity contribution in [1.82, 2.24) is 40.7 Å². The SMILES string of the molecule is CC1(C)CC(n2nnc3cc(-c4cc(O)c(-c5cn[nH]c5)cc4O)nnc32)CC(C)(C)N1.Cl.Cl. The van der Waals surface area contributed by atoms with Crippen LogP contribution in [0, 0.1) is 0 Å². The monoisotopic (exact) mass is 506 g/mol. The van der Waals surface area contributed by atoms with Gasteiger partial charge in [-0.3, -0.25) is 5.10 Å². The van der Waals surface area contributed by atoms with Gasteiger partial charge in [0.2, 0.25) is 5.65 Å². The fraction of sp³-hybridized carbons (Fsp3) is 0.409. The van der Waals surface area contributed by atoms with Crippen LogP contribution in [0.25, 0.3) is 33.5 Å². The number of phenolic OH excluding ortho intramolecular Hbond substituents is 2. The molecule has 0 unspecified atom stereocenters. The minimum atomic E-state index is -0.0435. The van der Waals surface area contributed by atoms with Gasteiger partial charge < -0.3 is 15.5 Å². The first-order valence-corrected chi connectivity index (χ1v) is 10.6. The Morgan fingerprint density at radius 1 is 0.912 bits per heavy atom. The van der Waals surface area contributed by atoms with Crippen LogP contribution in [0.2, 0.25) is 0 Å². The summed E-state index contributed by atoms with van der Waals surface area (Å²) < 4.78 is 1.86. The molecular weight excluding hydrogens is 479 g/mol. The number of phenols is 2. The summed E-state index contributed by atoms with van der Waals surface area (Å²) in [5, 5.41) is 48.8. The van der Waals surface area contributed by atoms with Crippen molar-refractivity contribution in [1.29, 1.82) is 0 Å². The number of nitrogens with one attached hydrogen (secondary N) is 2. The number of benzene rings is 1. The lowest BCUT2D eigenvalue weighted by Crippen LogP contribution is -2.58. The van der Waals surface area contributed by atoms with Gasteiger partial charge in [-0.25, -0.2) is 4.68 Å². The van der Waals surface area contributed by atoms with E-state index < -0.39 is 0 Å². The van der Waals surface area contributed by atoms with Crippen molar-refractivity contribution in [2.45, 2.75) is 57.7 Å². The van der Waals surface area contributed by atoms with Gasteiger partial charge in [-0.05, 0) is 58.7 Å². The maximum Gasteiger partial charge on any atom is 0.201 e. The van der Waals surface area contributed by atoms with Crippen LogP contribution in [0.4, 0.5) is 0 Å². The zero-order chi connectivity index (χ0) is 22.7. The van der Waals surface area contributed by atoms with Crippen LogP contribution in [0.3, 0.4) is 0 Å². The van der Waals surface area contributed by atoms with Crippen molar-refractivity contribution < 1.29 is 10.2 Å². The van der Waals surface area contributed by atoms with E-state index in [0.29, 0.717) is 33.5 Å². The van der Waals surface area contributed by atoms with Crippen LogP contribution < -0.4 is 5.32 Å². The minimum Gasteiger partial charge on any atom is -0.507 e. The Labute approximate surface area is 209 Å². The molecule has 3 aromatic heterocycles. The first-order valence-electron chi connectivity index (χ1n) is 10.6. The zero-order valence-electron chi connectivity index (χ0n) is 19.3. The number of fused-ring (bicyclic) bond motifs is 1. The third-order valence-corrected chi connectivity index (χ3v) is 5.93. The third-order valence-electron chi connectivity index (χ3n) is 5.93. The van der Waals surface area contributed by atoms with Gasteiger partial charge in [0, 0.05) is 34.0 Å². The number of hydrogen-bond donors (Lipinski definition) is 4. The highest BCUT2D eigenvalue weighted by Crippen LogP contribution is 2.40. The average Bonchev–Trinajstić information content (AvgIpc) is 3.36. The fourth-order valence-corrected chi connectivity index (χ4v) is 4.98. The van der Waals surface area contributed by atoms with Crippen molar-refractivity contribution in [3.8, 4) is 33.9 Å². The molecule has 4 aromatic rings. The van der Waals surface area contributed by atoms with Gasteiger partial charge in [0.15, 0.2) is 0 Å². The van der Waals surface area contributed by atoms with E-state index in [9.17, 15) is 10.2 Å². The van der Waals surface area contributed by atoms with E-state index in [-0.39, 0.29) is 53.4 Å². The number of aromatic nitrogens is 7. The maximum atomic E-state index is 10.6. The molecule has 4 heterocycles. The zero-order valence-corrected chi connectivity index (χ0v) is 20.9. The Hall–Kier alpha value is -2.95. The lowest BCUT2D eigenvalue weighted by Gasteiger charge is -2.46. The highest BCUT2D eigenvalue weighted by atomic mass is 35.5. The van der Waals surface area contributed by atoms with Gasteiger partial charge in [-0.1, -0.05) is 5.21 Å². The van der Waals surface area contributed by atoms with Gasteiger partial charge >= 0.3 is 0 Å². The van der Waals surface area contributed by atoms with Crippen molar-refractivity contribution in [3.63, 3.8) is 0 Å². The molecule has 10 nitrogen and oxygen atoms in total. The lowest BCUT2D eigenvalue weighted by molar-refractivity contribution is 0.127. The Morgan fingerprint density at radius 2 is 1.56 bits per heavy atom. The molecule has 0 amide bonds. The first-order chi connectivity index (χ1) is 15.1. The smallest absolute Gasteiger partial charge is 0.201 e. The molecule has 0 aliphatic carbocycles. The number of hydrogen-bond acceptors (Lipinski definition) is 8. The van der Waals surface area contributed by atoms with Crippen molar-refractivity contribution in [2.24, 2.45) is 0 Å². The Kier molecular flexibility index (Phi) is 6.80. The molecular formula is C22H28Cl2N8O2. The largest absolute Gasteiger partial charge is 0.507 e. The molecule has 1 fully saturated rings. The number of rotatable bonds is 3. The molecule has 0 saturated carbocycles. The summed E-state index contributed by atoms with van der Waals surface area (Å²) in [5.74, 6) is -0.0224. The molecule has 1 aliphatic rings. The number of halogens is 2. The molecule has 0 spiro atoms. The Balaban J connectivity index is 0.00000162. The number of aromatic hydroxyl groups is 2. The van der Waals surface area contributed by atoms with E-state index in [1.165, 1.54) is 12.1 Å². The topological polar surface area (TPSA) is 138 Å². The van der Waals surface area contributed by atoms with Crippen molar-refractivity contribution in [3.05, 3.63) is 30.6 Å². The predicted octanol–water partition coefficient (Wildman–Crippen LogP) is 4.01. The van der Waals surface area contributed by atoms with Crippen LogP contribution in [-0.4, -0.2) is 56.7 Å². The van der Waals surface area contributed by atoms with Crippen LogP contribution in [-0.2, 0) is 0 Å². The Morgan fingerprint density at radius 3 is 2.21 bits per heavy atom. The quantitative estimate of drug-likeness (QED) is 0.305. The summed E-state index contributed by atoms with van der Waals surface area (Å²) in [7, 11) is 0. The number of H-pyrrole nitrogens is 1. The molecule has 4 N–H and O–H groups in total. The van der Waals surface area contributed by atoms with E-state index in [1.807, 2.05) is 4.68 Å². The second kappa shape index (κ2) is 9.01. The highest BCUT2D eigenvalue weighted by molar-refractivity contribution is 5.85. The van der Waals surface area contributed by atoms with Crippen LogP contribution in [0.5, 0.6) is 11.5 Å². The standard InChI is InChI=1S/C22H26N8O2.2ClH/c1-21(2)8-13(9-22(3,4)28-21)30-20-17(26-29-30)7-16(25-27-20)15-6-18(31)14(5-19(15)32)12-10-23-24-11-12;;/h5-7,10-11,13,28,31-32H,8-9H2,1-4H3,(H,23,24);2*1H. The van der Waals surface area contributed by atoms with E-state index in [2.05, 4.69) is 63.7 Å². The summed E-state index contributed by atoms with van der Waals surface area (Å²) in [5.41, 5.74) is 3.01.